The number of aliphatic carboxylic acids is 1. The molecule has 168 valence electrons. The first kappa shape index (κ1) is 26.6. The summed E-state index contributed by atoms with van der Waals surface area (Å²) in [5, 5.41) is 11.3. The Morgan fingerprint density at radius 2 is 1.45 bits per heavy atom. The van der Waals surface area contributed by atoms with Gasteiger partial charge in [0.05, 0.1) is 0 Å². The molecule has 8 nitrogen and oxygen atoms in total. The second-order valence-corrected chi connectivity index (χ2v) is 6.19. The highest BCUT2D eigenvalue weighted by molar-refractivity contribution is 6.03. The van der Waals surface area contributed by atoms with Gasteiger partial charge >= 0.3 is 30.1 Å². The van der Waals surface area contributed by atoms with E-state index < -0.39 is 59.8 Å². The van der Waals surface area contributed by atoms with Crippen LogP contribution in [0, 0.1) is 0 Å². The number of hydrogen-bond acceptors (Lipinski definition) is 5. The SMILES string of the molecule is CC(N)CCCC(=O)NCCCC(C(=O)O)N(C(=O)C(F)(F)F)C(=O)C(F)(F)F. The Morgan fingerprint density at radius 1 is 0.966 bits per heavy atom. The van der Waals surface area contributed by atoms with Crippen molar-refractivity contribution in [2.75, 3.05) is 6.54 Å². The van der Waals surface area contributed by atoms with E-state index in [1.54, 1.807) is 6.92 Å². The van der Waals surface area contributed by atoms with E-state index >= 15 is 0 Å². The molecule has 4 N–H and O–H groups in total. The fourth-order valence-corrected chi connectivity index (χ4v) is 2.21. The zero-order valence-corrected chi connectivity index (χ0v) is 15.3. The number of carboxylic acids is 1. The minimum absolute atomic E-state index is 0.0646. The van der Waals surface area contributed by atoms with Crippen molar-refractivity contribution >= 4 is 23.7 Å². The molecule has 0 aromatic rings. The predicted octanol–water partition coefficient (Wildman–Crippen LogP) is 1.33. The molecule has 0 aromatic heterocycles. The van der Waals surface area contributed by atoms with Crippen molar-refractivity contribution in [1.82, 2.24) is 10.2 Å². The maximum atomic E-state index is 12.6. The summed E-state index contributed by atoms with van der Waals surface area (Å²) in [6.45, 7) is 1.44. The Kier molecular flexibility index (Phi) is 10.1. The number of halogens is 6. The molecule has 0 aromatic carbocycles. The molecule has 29 heavy (non-hydrogen) atoms. The molecule has 2 atom stereocenters. The highest BCUT2D eigenvalue weighted by atomic mass is 19.4. The van der Waals surface area contributed by atoms with Gasteiger partial charge in [-0.2, -0.15) is 26.3 Å². The third-order valence-corrected chi connectivity index (χ3v) is 3.56. The van der Waals surface area contributed by atoms with E-state index in [0.717, 1.165) is 0 Å². The molecule has 0 bridgehead atoms. The molecule has 0 aliphatic rings. The van der Waals surface area contributed by atoms with Crippen LogP contribution in [0.25, 0.3) is 0 Å². The number of amides is 3. The summed E-state index contributed by atoms with van der Waals surface area (Å²) in [7, 11) is 0. The van der Waals surface area contributed by atoms with E-state index in [4.69, 9.17) is 10.8 Å². The van der Waals surface area contributed by atoms with Gasteiger partial charge in [0.2, 0.25) is 5.91 Å². The molecule has 3 amide bonds. The second kappa shape index (κ2) is 11.0. The van der Waals surface area contributed by atoms with Gasteiger partial charge in [0.1, 0.15) is 6.04 Å². The summed E-state index contributed by atoms with van der Waals surface area (Å²) < 4.78 is 75.4. The number of rotatable bonds is 10. The number of imide groups is 1. The first-order valence-corrected chi connectivity index (χ1v) is 8.35. The zero-order chi connectivity index (χ0) is 23.0. The highest BCUT2D eigenvalue weighted by Crippen LogP contribution is 2.27. The topological polar surface area (TPSA) is 130 Å². The smallest absolute Gasteiger partial charge is 0.471 e. The van der Waals surface area contributed by atoms with Gasteiger partial charge in [-0.15, -0.1) is 0 Å². The van der Waals surface area contributed by atoms with Gasteiger partial charge in [0.25, 0.3) is 0 Å². The number of hydrogen-bond donors (Lipinski definition) is 3. The van der Waals surface area contributed by atoms with Crippen LogP contribution in [0.4, 0.5) is 26.3 Å². The monoisotopic (exact) mass is 437 g/mol. The van der Waals surface area contributed by atoms with Gasteiger partial charge in [-0.3, -0.25) is 19.3 Å². The third-order valence-electron chi connectivity index (χ3n) is 3.56. The summed E-state index contributed by atoms with van der Waals surface area (Å²) in [5.74, 6) is -9.20. The molecule has 14 heteroatoms. The minimum atomic E-state index is -5.90. The van der Waals surface area contributed by atoms with Crippen LogP contribution >= 0.6 is 0 Å². The predicted molar refractivity (Wildman–Crippen MR) is 85.1 cm³/mol. The average molecular weight is 437 g/mol. The highest BCUT2D eigenvalue weighted by Gasteiger charge is 2.55. The van der Waals surface area contributed by atoms with Crippen molar-refractivity contribution in [2.24, 2.45) is 5.73 Å². The number of carbonyl (C=O) groups excluding carboxylic acids is 3. The molecule has 0 rings (SSSR count). The van der Waals surface area contributed by atoms with Crippen molar-refractivity contribution in [3.8, 4) is 0 Å². The number of nitrogens with two attached hydrogens (primary N) is 1. The van der Waals surface area contributed by atoms with Crippen molar-refractivity contribution in [2.45, 2.75) is 63.5 Å². The molecular weight excluding hydrogens is 416 g/mol. The lowest BCUT2D eigenvalue weighted by Crippen LogP contribution is -2.57. The summed E-state index contributed by atoms with van der Waals surface area (Å²) in [5.41, 5.74) is 5.49. The lowest BCUT2D eigenvalue weighted by Gasteiger charge is -2.28. The largest absolute Gasteiger partial charge is 0.480 e. The van der Waals surface area contributed by atoms with Crippen LogP contribution in [0.15, 0.2) is 0 Å². The van der Waals surface area contributed by atoms with Crippen LogP contribution in [-0.4, -0.2) is 64.7 Å². The maximum absolute atomic E-state index is 12.6. The van der Waals surface area contributed by atoms with E-state index in [1.807, 2.05) is 0 Å². The molecular formula is C15H21F6N3O5. The molecule has 0 fully saturated rings. The summed E-state index contributed by atoms with van der Waals surface area (Å²) in [6, 6.07) is -2.85. The molecule has 0 saturated heterocycles. The summed E-state index contributed by atoms with van der Waals surface area (Å²) in [4.78, 5) is 43.8. The molecule has 0 heterocycles. The Morgan fingerprint density at radius 3 is 1.83 bits per heavy atom. The van der Waals surface area contributed by atoms with Crippen molar-refractivity contribution in [1.29, 1.82) is 0 Å². The molecule has 0 spiro atoms. The maximum Gasteiger partial charge on any atom is 0.471 e. The Hall–Kier alpha value is -2.38. The Bertz CT molecular complexity index is 580. The normalized spacial score (nSPS) is 14.1. The van der Waals surface area contributed by atoms with Crippen molar-refractivity contribution < 1.29 is 50.6 Å². The van der Waals surface area contributed by atoms with E-state index in [9.17, 15) is 45.5 Å². The van der Waals surface area contributed by atoms with Crippen molar-refractivity contribution in [3.63, 3.8) is 0 Å². The van der Waals surface area contributed by atoms with E-state index in [0.29, 0.717) is 12.8 Å². The van der Waals surface area contributed by atoms with Gasteiger partial charge in [0, 0.05) is 19.0 Å². The van der Waals surface area contributed by atoms with E-state index in [2.05, 4.69) is 5.32 Å². The average Bonchev–Trinajstić information content (AvgIpc) is 2.54. The number of carboxylic acid groups (broad SMARTS) is 1. The number of nitrogens with one attached hydrogen (secondary N) is 1. The van der Waals surface area contributed by atoms with Crippen LogP contribution in [0.3, 0.4) is 0 Å². The van der Waals surface area contributed by atoms with Crippen LogP contribution in [0.1, 0.15) is 39.0 Å². The second-order valence-electron chi connectivity index (χ2n) is 6.19. The van der Waals surface area contributed by atoms with Crippen LogP contribution in [0.2, 0.25) is 0 Å². The number of alkyl halides is 6. The number of carbonyl (C=O) groups is 4. The van der Waals surface area contributed by atoms with Crippen LogP contribution in [-0.2, 0) is 19.2 Å². The lowest BCUT2D eigenvalue weighted by molar-refractivity contribution is -0.208. The van der Waals surface area contributed by atoms with E-state index in [-0.39, 0.29) is 19.0 Å². The third kappa shape index (κ3) is 9.58. The van der Waals surface area contributed by atoms with E-state index in [1.165, 1.54) is 0 Å². The van der Waals surface area contributed by atoms with Gasteiger partial charge in [-0.05, 0) is 32.6 Å². The van der Waals surface area contributed by atoms with Crippen LogP contribution in [0.5, 0.6) is 0 Å². The van der Waals surface area contributed by atoms with Gasteiger partial charge < -0.3 is 16.2 Å². The fourth-order valence-electron chi connectivity index (χ4n) is 2.21. The van der Waals surface area contributed by atoms with Gasteiger partial charge in [-0.1, -0.05) is 0 Å². The summed E-state index contributed by atoms with van der Waals surface area (Å²) >= 11 is 0. The molecule has 0 aliphatic heterocycles. The first-order valence-electron chi connectivity index (χ1n) is 8.35. The first-order chi connectivity index (χ1) is 13.1. The minimum Gasteiger partial charge on any atom is -0.480 e. The van der Waals surface area contributed by atoms with Crippen LogP contribution < -0.4 is 11.1 Å². The number of nitrogens with zero attached hydrogens (tertiary/aromatic N) is 1. The molecule has 0 saturated carbocycles. The molecule has 2 unspecified atom stereocenters. The van der Waals surface area contributed by atoms with Crippen molar-refractivity contribution in [3.05, 3.63) is 0 Å². The summed E-state index contributed by atoms with van der Waals surface area (Å²) in [6.07, 6.45) is -12.1. The lowest BCUT2D eigenvalue weighted by atomic mass is 10.1. The molecule has 0 aliphatic carbocycles. The molecule has 0 radical (unpaired) electrons. The quantitative estimate of drug-likeness (QED) is 0.349. The fraction of sp³-hybridized carbons (Fsp3) is 0.733. The zero-order valence-electron chi connectivity index (χ0n) is 15.3. The Balaban J connectivity index is 5.08. The Labute approximate surface area is 161 Å². The van der Waals surface area contributed by atoms with Gasteiger partial charge in [0.15, 0.2) is 0 Å². The van der Waals surface area contributed by atoms with Gasteiger partial charge in [-0.25, -0.2) is 4.79 Å². The standard InChI is InChI=1S/C15H21F6N3O5/c1-8(22)4-2-6-10(25)23-7-3-5-9(11(26)27)24(12(28)14(16,17)18)13(29)15(19,20)21/h8-9H,2-7,22H2,1H3,(H,23,25)(H,26,27).